The van der Waals surface area contributed by atoms with E-state index in [2.05, 4.69) is 4.90 Å². The van der Waals surface area contributed by atoms with Crippen LogP contribution in [-0.2, 0) is 4.79 Å². The highest BCUT2D eigenvalue weighted by atomic mass is 16.5. The highest BCUT2D eigenvalue weighted by Crippen LogP contribution is 2.42. The number of aliphatic carboxylic acids is 1. The Balaban J connectivity index is 1.82. The highest BCUT2D eigenvalue weighted by molar-refractivity contribution is 5.95. The summed E-state index contributed by atoms with van der Waals surface area (Å²) in [5, 5.41) is 9.81. The second-order valence-electron chi connectivity index (χ2n) is 6.79. The molecule has 0 bridgehead atoms. The van der Waals surface area contributed by atoms with Crippen LogP contribution in [0.25, 0.3) is 0 Å². The number of ether oxygens (including phenoxy) is 1. The number of rotatable bonds is 3. The zero-order chi connectivity index (χ0) is 17.3. The van der Waals surface area contributed by atoms with Gasteiger partial charge in [0, 0.05) is 24.7 Å². The summed E-state index contributed by atoms with van der Waals surface area (Å²) in [4.78, 5) is 28.6. The molecule has 2 saturated heterocycles. The van der Waals surface area contributed by atoms with Crippen molar-refractivity contribution in [2.24, 2.45) is 5.41 Å². The van der Waals surface area contributed by atoms with Crippen LogP contribution in [0.1, 0.15) is 29.6 Å². The molecular weight excluding hydrogens is 308 g/mol. The lowest BCUT2D eigenvalue weighted by Gasteiger charge is -2.51. The zero-order valence-corrected chi connectivity index (χ0v) is 14.2. The third-order valence-electron chi connectivity index (χ3n) is 5.55. The van der Waals surface area contributed by atoms with Crippen molar-refractivity contribution in [3.8, 4) is 5.75 Å². The molecule has 1 aromatic carbocycles. The van der Waals surface area contributed by atoms with E-state index in [1.165, 1.54) is 0 Å². The third kappa shape index (κ3) is 2.75. The number of carboxylic acids is 1. The van der Waals surface area contributed by atoms with Gasteiger partial charge in [0.15, 0.2) is 0 Å². The number of likely N-dealkylation sites (N-methyl/N-ethyl adjacent to an activating group) is 1. The molecule has 2 atom stereocenters. The van der Waals surface area contributed by atoms with Crippen molar-refractivity contribution in [3.05, 3.63) is 29.8 Å². The summed E-state index contributed by atoms with van der Waals surface area (Å²) in [6, 6.07) is 6.97. The smallest absolute Gasteiger partial charge is 0.311 e. The van der Waals surface area contributed by atoms with Crippen molar-refractivity contribution in [2.75, 3.05) is 33.8 Å². The summed E-state index contributed by atoms with van der Waals surface area (Å²) in [6.07, 6.45) is 2.09. The molecule has 6 heteroatoms. The summed E-state index contributed by atoms with van der Waals surface area (Å²) in [5.41, 5.74) is -0.145. The number of methoxy groups -OCH3 is 1. The Hall–Kier alpha value is -2.08. The number of hydrogen-bond donors (Lipinski definition) is 1. The molecule has 1 amide bonds. The molecule has 0 aliphatic carbocycles. The molecule has 2 aliphatic rings. The van der Waals surface area contributed by atoms with Gasteiger partial charge in [0.2, 0.25) is 0 Å². The number of hydrogen-bond acceptors (Lipinski definition) is 4. The van der Waals surface area contributed by atoms with Gasteiger partial charge in [-0.15, -0.1) is 0 Å². The van der Waals surface area contributed by atoms with E-state index in [0.29, 0.717) is 37.2 Å². The SMILES string of the molecule is COc1cccc(C(=O)N2CC[C@@]3(C(=O)O)CCCN(C)[C@H]3C2)c1. The van der Waals surface area contributed by atoms with Crippen LogP contribution in [0.2, 0.25) is 0 Å². The predicted octanol–water partition coefficient (Wildman–Crippen LogP) is 1.71. The van der Waals surface area contributed by atoms with Crippen LogP contribution in [0, 0.1) is 5.41 Å². The first kappa shape index (κ1) is 16.8. The molecule has 0 aromatic heterocycles. The lowest BCUT2D eigenvalue weighted by molar-refractivity contribution is -0.161. The molecule has 2 heterocycles. The number of piperidine rings is 2. The van der Waals surface area contributed by atoms with Gasteiger partial charge >= 0.3 is 5.97 Å². The van der Waals surface area contributed by atoms with Gasteiger partial charge in [-0.05, 0) is 51.1 Å². The number of carboxylic acid groups (broad SMARTS) is 1. The predicted molar refractivity (Wildman–Crippen MR) is 89.2 cm³/mol. The first-order chi connectivity index (χ1) is 11.5. The number of nitrogens with zero attached hydrogens (tertiary/aromatic N) is 2. The Bertz CT molecular complexity index is 648. The molecule has 0 radical (unpaired) electrons. The van der Waals surface area contributed by atoms with E-state index in [9.17, 15) is 14.7 Å². The van der Waals surface area contributed by atoms with Crippen LogP contribution in [0.4, 0.5) is 0 Å². The maximum absolute atomic E-state index is 12.8. The average molecular weight is 332 g/mol. The molecule has 0 unspecified atom stereocenters. The van der Waals surface area contributed by atoms with Crippen LogP contribution in [0.3, 0.4) is 0 Å². The van der Waals surface area contributed by atoms with E-state index in [0.717, 1.165) is 13.0 Å². The molecule has 6 nitrogen and oxygen atoms in total. The Kier molecular flexibility index (Phi) is 4.49. The number of carbonyl (C=O) groups is 2. The van der Waals surface area contributed by atoms with Crippen LogP contribution in [-0.4, -0.2) is 66.6 Å². The van der Waals surface area contributed by atoms with E-state index in [-0.39, 0.29) is 11.9 Å². The Morgan fingerprint density at radius 1 is 1.29 bits per heavy atom. The van der Waals surface area contributed by atoms with Gasteiger partial charge in [0.1, 0.15) is 5.75 Å². The summed E-state index contributed by atoms with van der Waals surface area (Å²) < 4.78 is 5.19. The van der Waals surface area contributed by atoms with Gasteiger partial charge in [0.05, 0.1) is 12.5 Å². The van der Waals surface area contributed by atoms with Gasteiger partial charge in [-0.3, -0.25) is 9.59 Å². The van der Waals surface area contributed by atoms with E-state index in [4.69, 9.17) is 4.74 Å². The first-order valence-corrected chi connectivity index (χ1v) is 8.35. The highest BCUT2D eigenvalue weighted by Gasteiger charge is 2.52. The van der Waals surface area contributed by atoms with Gasteiger partial charge < -0.3 is 19.6 Å². The van der Waals surface area contributed by atoms with Crippen LogP contribution >= 0.6 is 0 Å². The van der Waals surface area contributed by atoms with Crippen molar-refractivity contribution in [1.29, 1.82) is 0 Å². The van der Waals surface area contributed by atoms with E-state index in [1.807, 2.05) is 7.05 Å². The number of likely N-dealkylation sites (tertiary alicyclic amines) is 2. The fraction of sp³-hybridized carbons (Fsp3) is 0.556. The fourth-order valence-electron chi connectivity index (χ4n) is 4.11. The van der Waals surface area contributed by atoms with Crippen molar-refractivity contribution in [1.82, 2.24) is 9.80 Å². The summed E-state index contributed by atoms with van der Waals surface area (Å²) in [5.74, 6) is -0.146. The molecule has 2 fully saturated rings. The number of amides is 1. The summed E-state index contributed by atoms with van der Waals surface area (Å²) >= 11 is 0. The van der Waals surface area contributed by atoms with Gasteiger partial charge in [-0.25, -0.2) is 0 Å². The van der Waals surface area contributed by atoms with E-state index < -0.39 is 11.4 Å². The minimum absolute atomic E-state index is 0.0631. The largest absolute Gasteiger partial charge is 0.497 e. The maximum Gasteiger partial charge on any atom is 0.311 e. The molecular formula is C18H24N2O4. The summed E-state index contributed by atoms with van der Waals surface area (Å²) in [6.45, 7) is 1.81. The van der Waals surface area contributed by atoms with Gasteiger partial charge in [-0.1, -0.05) is 6.07 Å². The standard InChI is InChI=1S/C18H24N2O4/c1-19-9-4-7-18(17(22)23)8-10-20(12-15(18)19)16(21)13-5-3-6-14(11-13)24-2/h3,5-6,11,15H,4,7-10,12H2,1-2H3,(H,22,23)/t15-,18-/m0/s1. The maximum atomic E-state index is 12.8. The molecule has 0 spiro atoms. The molecule has 24 heavy (non-hydrogen) atoms. The van der Waals surface area contributed by atoms with Crippen molar-refractivity contribution < 1.29 is 19.4 Å². The Labute approximate surface area is 142 Å². The monoisotopic (exact) mass is 332 g/mol. The minimum atomic E-state index is -0.729. The average Bonchev–Trinajstić information content (AvgIpc) is 2.61. The quantitative estimate of drug-likeness (QED) is 0.912. The second kappa shape index (κ2) is 6.43. The molecule has 0 saturated carbocycles. The fourth-order valence-corrected chi connectivity index (χ4v) is 4.11. The number of benzene rings is 1. The lowest BCUT2D eigenvalue weighted by atomic mass is 9.68. The van der Waals surface area contributed by atoms with Crippen LogP contribution in [0.15, 0.2) is 24.3 Å². The Morgan fingerprint density at radius 2 is 2.08 bits per heavy atom. The van der Waals surface area contributed by atoms with Gasteiger partial charge in [-0.2, -0.15) is 0 Å². The van der Waals surface area contributed by atoms with Crippen molar-refractivity contribution >= 4 is 11.9 Å². The lowest BCUT2D eigenvalue weighted by Crippen LogP contribution is -2.63. The number of carbonyl (C=O) groups excluding carboxylic acids is 1. The molecule has 130 valence electrons. The molecule has 3 rings (SSSR count). The third-order valence-corrected chi connectivity index (χ3v) is 5.55. The normalized spacial score (nSPS) is 27.4. The van der Waals surface area contributed by atoms with Gasteiger partial charge in [0.25, 0.3) is 5.91 Å². The molecule has 1 aromatic rings. The van der Waals surface area contributed by atoms with E-state index >= 15 is 0 Å². The van der Waals surface area contributed by atoms with Crippen molar-refractivity contribution in [2.45, 2.75) is 25.3 Å². The summed E-state index contributed by atoms with van der Waals surface area (Å²) in [7, 11) is 3.53. The van der Waals surface area contributed by atoms with Crippen molar-refractivity contribution in [3.63, 3.8) is 0 Å². The van der Waals surface area contributed by atoms with E-state index in [1.54, 1.807) is 36.3 Å². The first-order valence-electron chi connectivity index (χ1n) is 8.35. The van der Waals surface area contributed by atoms with Crippen LogP contribution in [0.5, 0.6) is 5.75 Å². The molecule has 2 aliphatic heterocycles. The second-order valence-corrected chi connectivity index (χ2v) is 6.79. The topological polar surface area (TPSA) is 70.1 Å². The number of fused-ring (bicyclic) bond motifs is 1. The minimum Gasteiger partial charge on any atom is -0.497 e. The zero-order valence-electron chi connectivity index (χ0n) is 14.2. The molecule has 1 N–H and O–H groups in total. The Morgan fingerprint density at radius 3 is 2.79 bits per heavy atom. The van der Waals surface area contributed by atoms with Crippen LogP contribution < -0.4 is 4.74 Å².